The monoisotopic (exact) mass is 450 g/mol. The van der Waals surface area contributed by atoms with Gasteiger partial charge in [0.15, 0.2) is 0 Å². The summed E-state index contributed by atoms with van der Waals surface area (Å²) in [6.45, 7) is 8.69. The SMILES string of the molecule is CCCC[C@H](CC)CNC(=O)c1ccc(Cl)c(S(=O)(=O)Nc2ccc(C)c(C)c2)c1. The number of hydrogen-bond acceptors (Lipinski definition) is 3. The van der Waals surface area contributed by atoms with Gasteiger partial charge in [-0.05, 0) is 67.6 Å². The summed E-state index contributed by atoms with van der Waals surface area (Å²) in [7, 11) is -3.94. The lowest BCUT2D eigenvalue weighted by atomic mass is 9.99. The van der Waals surface area contributed by atoms with E-state index in [1.807, 2.05) is 19.9 Å². The lowest BCUT2D eigenvalue weighted by molar-refractivity contribution is 0.0945. The van der Waals surface area contributed by atoms with Crippen LogP contribution < -0.4 is 10.0 Å². The highest BCUT2D eigenvalue weighted by Gasteiger charge is 2.21. The maximum Gasteiger partial charge on any atom is 0.263 e. The Balaban J connectivity index is 2.18. The average molecular weight is 451 g/mol. The van der Waals surface area contributed by atoms with Gasteiger partial charge in [-0.3, -0.25) is 9.52 Å². The standard InChI is InChI=1S/C23H31ClN2O3S/c1-5-7-8-18(6-2)15-25-23(27)19-10-12-21(24)22(14-19)30(28,29)26-20-11-9-16(3)17(4)13-20/h9-14,18,26H,5-8,15H2,1-4H3,(H,25,27)/t18-/m0/s1. The molecule has 164 valence electrons. The van der Waals surface area contributed by atoms with Crippen molar-refractivity contribution in [1.82, 2.24) is 5.32 Å². The lowest BCUT2D eigenvalue weighted by Gasteiger charge is -2.16. The number of unbranched alkanes of at least 4 members (excludes halogenated alkanes) is 1. The molecule has 0 heterocycles. The first-order valence-corrected chi connectivity index (χ1v) is 12.2. The molecular weight excluding hydrogens is 420 g/mol. The van der Waals surface area contributed by atoms with Gasteiger partial charge in [-0.2, -0.15) is 0 Å². The van der Waals surface area contributed by atoms with Crippen LogP contribution in [0, 0.1) is 19.8 Å². The van der Waals surface area contributed by atoms with Gasteiger partial charge in [0.2, 0.25) is 0 Å². The van der Waals surface area contributed by atoms with Gasteiger partial charge in [-0.15, -0.1) is 0 Å². The summed E-state index contributed by atoms with van der Waals surface area (Å²) in [6.07, 6.45) is 4.30. The van der Waals surface area contributed by atoms with Crippen LogP contribution in [0.1, 0.15) is 61.0 Å². The molecule has 2 aromatic carbocycles. The van der Waals surface area contributed by atoms with Crippen LogP contribution in [0.4, 0.5) is 5.69 Å². The van der Waals surface area contributed by atoms with Crippen molar-refractivity contribution in [1.29, 1.82) is 0 Å². The molecule has 2 rings (SSSR count). The highest BCUT2D eigenvalue weighted by atomic mass is 35.5. The Labute approximate surface area is 185 Å². The van der Waals surface area contributed by atoms with Crippen molar-refractivity contribution >= 4 is 33.2 Å². The number of hydrogen-bond donors (Lipinski definition) is 2. The van der Waals surface area contributed by atoms with Crippen molar-refractivity contribution in [3.8, 4) is 0 Å². The fourth-order valence-electron chi connectivity index (χ4n) is 3.15. The lowest BCUT2D eigenvalue weighted by Crippen LogP contribution is -2.29. The highest BCUT2D eigenvalue weighted by molar-refractivity contribution is 7.92. The second kappa shape index (κ2) is 10.8. The van der Waals surface area contributed by atoms with E-state index < -0.39 is 10.0 Å². The van der Waals surface area contributed by atoms with Crippen molar-refractivity contribution < 1.29 is 13.2 Å². The third kappa shape index (κ3) is 6.47. The number of benzene rings is 2. The third-order valence-electron chi connectivity index (χ3n) is 5.34. The fourth-order valence-corrected chi connectivity index (χ4v) is 4.72. The molecule has 0 radical (unpaired) electrons. The molecule has 0 aliphatic carbocycles. The quantitative estimate of drug-likeness (QED) is 0.487. The summed E-state index contributed by atoms with van der Waals surface area (Å²) in [4.78, 5) is 12.5. The smallest absolute Gasteiger partial charge is 0.263 e. The van der Waals surface area contributed by atoms with Gasteiger partial charge in [0, 0.05) is 17.8 Å². The molecule has 2 N–H and O–H groups in total. The van der Waals surface area contributed by atoms with Gasteiger partial charge >= 0.3 is 0 Å². The number of amides is 1. The minimum Gasteiger partial charge on any atom is -0.352 e. The minimum atomic E-state index is -3.94. The van der Waals surface area contributed by atoms with Crippen LogP contribution >= 0.6 is 11.6 Å². The number of halogens is 1. The van der Waals surface area contributed by atoms with Crippen LogP contribution in [-0.2, 0) is 10.0 Å². The highest BCUT2D eigenvalue weighted by Crippen LogP contribution is 2.26. The molecule has 30 heavy (non-hydrogen) atoms. The predicted octanol–water partition coefficient (Wildman–Crippen LogP) is 5.70. The molecule has 0 unspecified atom stereocenters. The summed E-state index contributed by atoms with van der Waals surface area (Å²) in [6, 6.07) is 9.62. The van der Waals surface area contributed by atoms with E-state index in [0.29, 0.717) is 18.2 Å². The van der Waals surface area contributed by atoms with Gasteiger partial charge in [-0.1, -0.05) is 50.8 Å². The topological polar surface area (TPSA) is 75.3 Å². The molecule has 2 aromatic rings. The summed E-state index contributed by atoms with van der Waals surface area (Å²) in [5.74, 6) is 0.111. The van der Waals surface area contributed by atoms with Gasteiger partial charge in [0.1, 0.15) is 4.90 Å². The number of anilines is 1. The van der Waals surface area contributed by atoms with Crippen molar-refractivity contribution in [2.24, 2.45) is 5.92 Å². The minimum absolute atomic E-state index is 0.0669. The molecule has 0 spiro atoms. The van der Waals surface area contributed by atoms with Crippen LogP contribution in [0.5, 0.6) is 0 Å². The van der Waals surface area contributed by atoms with Crippen molar-refractivity contribution in [3.63, 3.8) is 0 Å². The van der Waals surface area contributed by atoms with Crippen molar-refractivity contribution in [2.75, 3.05) is 11.3 Å². The molecular formula is C23H31ClN2O3S. The fraction of sp³-hybridized carbons (Fsp3) is 0.435. The van der Waals surface area contributed by atoms with Crippen LogP contribution in [0.15, 0.2) is 41.3 Å². The van der Waals surface area contributed by atoms with Crippen LogP contribution in [0.25, 0.3) is 0 Å². The van der Waals surface area contributed by atoms with Crippen LogP contribution in [-0.4, -0.2) is 20.9 Å². The molecule has 0 bridgehead atoms. The Morgan fingerprint density at radius 2 is 1.80 bits per heavy atom. The maximum atomic E-state index is 12.9. The van der Waals surface area contributed by atoms with Crippen LogP contribution in [0.3, 0.4) is 0 Å². The maximum absolute atomic E-state index is 12.9. The van der Waals surface area contributed by atoms with Crippen molar-refractivity contribution in [3.05, 3.63) is 58.1 Å². The Hall–Kier alpha value is -2.05. The third-order valence-corrected chi connectivity index (χ3v) is 7.20. The number of rotatable bonds is 10. The van der Waals surface area contributed by atoms with Crippen molar-refractivity contribution in [2.45, 2.75) is 58.3 Å². The number of carbonyl (C=O) groups excluding carboxylic acids is 1. The van der Waals surface area contributed by atoms with E-state index in [1.54, 1.807) is 18.2 Å². The van der Waals surface area contributed by atoms with Gasteiger partial charge < -0.3 is 5.32 Å². The summed E-state index contributed by atoms with van der Waals surface area (Å²) >= 11 is 6.16. The molecule has 1 amide bonds. The Bertz CT molecular complexity index is 990. The number of aryl methyl sites for hydroxylation is 2. The second-order valence-corrected chi connectivity index (χ2v) is 9.73. The Morgan fingerprint density at radius 3 is 2.43 bits per heavy atom. The predicted molar refractivity (Wildman–Crippen MR) is 124 cm³/mol. The average Bonchev–Trinajstić information content (AvgIpc) is 2.70. The van der Waals surface area contributed by atoms with E-state index in [0.717, 1.165) is 36.8 Å². The normalized spacial score (nSPS) is 12.4. The first kappa shape index (κ1) is 24.2. The molecule has 5 nitrogen and oxygen atoms in total. The number of sulfonamides is 1. The molecule has 0 saturated heterocycles. The summed E-state index contributed by atoms with van der Waals surface area (Å²) in [5, 5.41) is 2.99. The summed E-state index contributed by atoms with van der Waals surface area (Å²) < 4.78 is 28.3. The number of carbonyl (C=O) groups is 1. The first-order chi connectivity index (χ1) is 14.2. The van der Waals surface area contributed by atoms with E-state index in [9.17, 15) is 13.2 Å². The van der Waals surface area contributed by atoms with E-state index in [2.05, 4.69) is 23.9 Å². The largest absolute Gasteiger partial charge is 0.352 e. The molecule has 1 atom stereocenters. The molecule has 7 heteroatoms. The number of nitrogens with one attached hydrogen (secondary N) is 2. The zero-order valence-corrected chi connectivity index (χ0v) is 19.7. The molecule has 0 fully saturated rings. The zero-order valence-electron chi connectivity index (χ0n) is 18.1. The summed E-state index contributed by atoms with van der Waals surface area (Å²) in [5.41, 5.74) is 2.76. The second-order valence-electron chi connectivity index (χ2n) is 7.68. The Kier molecular flexibility index (Phi) is 8.74. The van der Waals surface area contributed by atoms with Gasteiger partial charge in [0.25, 0.3) is 15.9 Å². The molecule has 0 aliphatic heterocycles. The van der Waals surface area contributed by atoms with Gasteiger partial charge in [-0.25, -0.2) is 8.42 Å². The molecule has 0 aromatic heterocycles. The van der Waals surface area contributed by atoms with Crippen LogP contribution in [0.2, 0.25) is 5.02 Å². The zero-order chi connectivity index (χ0) is 22.3. The van der Waals surface area contributed by atoms with E-state index in [1.165, 1.54) is 12.1 Å². The van der Waals surface area contributed by atoms with E-state index in [-0.39, 0.29) is 21.4 Å². The van der Waals surface area contributed by atoms with E-state index in [4.69, 9.17) is 11.6 Å². The molecule has 0 aliphatic rings. The van der Waals surface area contributed by atoms with Gasteiger partial charge in [0.05, 0.1) is 5.02 Å². The first-order valence-electron chi connectivity index (χ1n) is 10.4. The molecule has 0 saturated carbocycles. The van der Waals surface area contributed by atoms with E-state index >= 15 is 0 Å². The Morgan fingerprint density at radius 1 is 1.07 bits per heavy atom.